The number of amides is 1. The Morgan fingerprint density at radius 2 is 1.59 bits per heavy atom. The molecule has 0 bridgehead atoms. The van der Waals surface area contributed by atoms with Crippen molar-refractivity contribution in [3.05, 3.63) is 89.5 Å². The Kier molecular flexibility index (Phi) is 6.51. The zero-order valence-electron chi connectivity index (χ0n) is 17.4. The van der Waals surface area contributed by atoms with Crippen molar-refractivity contribution in [2.24, 2.45) is 0 Å². The van der Waals surface area contributed by atoms with Crippen molar-refractivity contribution in [1.29, 1.82) is 0 Å². The molecule has 3 aromatic rings. The highest BCUT2D eigenvalue weighted by Gasteiger charge is 2.14. The number of anilines is 3. The lowest BCUT2D eigenvalue weighted by Crippen LogP contribution is -2.19. The monoisotopic (exact) mass is 448 g/mol. The summed E-state index contributed by atoms with van der Waals surface area (Å²) in [6, 6.07) is 19.1. The molecule has 2 aromatic carbocycles. The Morgan fingerprint density at radius 3 is 2.25 bits per heavy atom. The summed E-state index contributed by atoms with van der Waals surface area (Å²) in [5.74, 6) is 0.623. The van der Waals surface area contributed by atoms with Crippen molar-refractivity contribution in [2.75, 3.05) is 28.0 Å². The van der Waals surface area contributed by atoms with E-state index in [0.29, 0.717) is 16.9 Å². The summed E-state index contributed by atoms with van der Waals surface area (Å²) in [7, 11) is -3.67. The molecule has 1 aromatic heterocycles. The van der Waals surface area contributed by atoms with Gasteiger partial charge in [-0.25, -0.2) is 13.4 Å². The van der Waals surface area contributed by atoms with E-state index in [4.69, 9.17) is 0 Å². The van der Waals surface area contributed by atoms with E-state index in [1.807, 2.05) is 42.5 Å². The minimum absolute atomic E-state index is 0.292. The predicted octanol–water partition coefficient (Wildman–Crippen LogP) is 4.35. The lowest BCUT2D eigenvalue weighted by molar-refractivity contribution is 0.102. The molecule has 7 nitrogen and oxygen atoms in total. The predicted molar refractivity (Wildman–Crippen MR) is 128 cm³/mol. The standard InChI is InChI=1S/C24H24N4O3S/c29-24(26-22-12-13-23(25-18-22)28-15-4-5-16-28)20-8-10-21(11-9-20)27-32(30,31)17-14-19-6-2-1-3-7-19/h1-3,6-14,17-18,27H,4-5,15-16H2,(H,26,29). The van der Waals surface area contributed by atoms with Crippen LogP contribution >= 0.6 is 0 Å². The highest BCUT2D eigenvalue weighted by molar-refractivity contribution is 7.95. The van der Waals surface area contributed by atoms with Gasteiger partial charge in [0.1, 0.15) is 5.82 Å². The quantitative estimate of drug-likeness (QED) is 0.561. The second kappa shape index (κ2) is 9.65. The maximum atomic E-state index is 12.5. The van der Waals surface area contributed by atoms with Gasteiger partial charge in [-0.2, -0.15) is 0 Å². The Morgan fingerprint density at radius 1 is 0.906 bits per heavy atom. The van der Waals surface area contributed by atoms with Crippen molar-refractivity contribution in [3.63, 3.8) is 0 Å². The number of pyridine rings is 1. The third-order valence-corrected chi connectivity index (χ3v) is 6.10. The zero-order valence-corrected chi connectivity index (χ0v) is 18.3. The van der Waals surface area contributed by atoms with Crippen LogP contribution in [0.2, 0.25) is 0 Å². The van der Waals surface area contributed by atoms with Crippen molar-refractivity contribution in [1.82, 2.24) is 4.98 Å². The van der Waals surface area contributed by atoms with Crippen LogP contribution in [0.4, 0.5) is 17.2 Å². The summed E-state index contributed by atoms with van der Waals surface area (Å²) in [5, 5.41) is 3.93. The summed E-state index contributed by atoms with van der Waals surface area (Å²) in [6.07, 6.45) is 5.52. The van der Waals surface area contributed by atoms with Crippen LogP contribution in [-0.4, -0.2) is 32.4 Å². The highest BCUT2D eigenvalue weighted by Crippen LogP contribution is 2.20. The number of hydrogen-bond donors (Lipinski definition) is 2. The fourth-order valence-electron chi connectivity index (χ4n) is 3.42. The lowest BCUT2D eigenvalue weighted by Gasteiger charge is -2.16. The summed E-state index contributed by atoms with van der Waals surface area (Å²) >= 11 is 0. The van der Waals surface area contributed by atoms with Crippen molar-refractivity contribution in [2.45, 2.75) is 12.8 Å². The van der Waals surface area contributed by atoms with Crippen LogP contribution in [0.15, 0.2) is 78.3 Å². The van der Waals surface area contributed by atoms with Gasteiger partial charge in [0.15, 0.2) is 0 Å². The molecule has 0 aliphatic carbocycles. The van der Waals surface area contributed by atoms with Gasteiger partial charge in [-0.15, -0.1) is 0 Å². The average molecular weight is 449 g/mol. The molecule has 0 radical (unpaired) electrons. The van der Waals surface area contributed by atoms with Gasteiger partial charge in [0.05, 0.1) is 17.3 Å². The minimum Gasteiger partial charge on any atom is -0.357 e. The molecule has 1 amide bonds. The van der Waals surface area contributed by atoms with E-state index in [0.717, 1.165) is 29.9 Å². The first-order valence-electron chi connectivity index (χ1n) is 10.4. The van der Waals surface area contributed by atoms with Crippen molar-refractivity contribution >= 4 is 39.2 Å². The number of aromatic nitrogens is 1. The smallest absolute Gasteiger partial charge is 0.255 e. The third kappa shape index (κ3) is 5.73. The summed E-state index contributed by atoms with van der Waals surface area (Å²) in [4.78, 5) is 19.2. The molecule has 4 rings (SSSR count). The van der Waals surface area contributed by atoms with Gasteiger partial charge in [-0.1, -0.05) is 30.3 Å². The fraction of sp³-hybridized carbons (Fsp3) is 0.167. The molecule has 0 atom stereocenters. The third-order valence-electron chi connectivity index (χ3n) is 5.08. The number of sulfonamides is 1. The van der Waals surface area contributed by atoms with Crippen molar-refractivity contribution in [3.8, 4) is 0 Å². The molecule has 8 heteroatoms. The molecule has 1 fully saturated rings. The minimum atomic E-state index is -3.67. The van der Waals surface area contributed by atoms with Gasteiger partial charge in [0, 0.05) is 24.3 Å². The van der Waals surface area contributed by atoms with Crippen LogP contribution in [0.25, 0.3) is 6.08 Å². The van der Waals surface area contributed by atoms with Gasteiger partial charge < -0.3 is 10.2 Å². The van der Waals surface area contributed by atoms with Crippen LogP contribution in [0, 0.1) is 0 Å². The van der Waals surface area contributed by atoms with E-state index >= 15 is 0 Å². The van der Waals surface area contributed by atoms with Crippen LogP contribution in [0.3, 0.4) is 0 Å². The van der Waals surface area contributed by atoms with Crippen LogP contribution in [0.5, 0.6) is 0 Å². The molecule has 0 saturated carbocycles. The molecular weight excluding hydrogens is 424 g/mol. The Balaban J connectivity index is 1.35. The molecule has 2 N–H and O–H groups in total. The molecule has 2 heterocycles. The summed E-state index contributed by atoms with van der Waals surface area (Å²) < 4.78 is 27.0. The molecule has 164 valence electrons. The van der Waals surface area contributed by atoms with Crippen molar-refractivity contribution < 1.29 is 13.2 Å². The SMILES string of the molecule is O=C(Nc1ccc(N2CCCC2)nc1)c1ccc(NS(=O)(=O)C=Cc2ccccc2)cc1. The van der Waals surface area contributed by atoms with Crippen LogP contribution < -0.4 is 14.9 Å². The number of rotatable bonds is 7. The van der Waals surface area contributed by atoms with Gasteiger partial charge in [0.2, 0.25) is 0 Å². The van der Waals surface area contributed by atoms with E-state index in [1.165, 1.54) is 18.9 Å². The Bertz CT molecular complexity index is 1190. The largest absolute Gasteiger partial charge is 0.357 e. The van der Waals surface area contributed by atoms with Crippen LogP contribution in [0.1, 0.15) is 28.8 Å². The number of hydrogen-bond acceptors (Lipinski definition) is 5. The number of nitrogens with zero attached hydrogens (tertiary/aromatic N) is 2. The molecule has 1 aliphatic rings. The highest BCUT2D eigenvalue weighted by atomic mass is 32.2. The van der Waals surface area contributed by atoms with E-state index in [-0.39, 0.29) is 5.91 Å². The van der Waals surface area contributed by atoms with Crippen LogP contribution in [-0.2, 0) is 10.0 Å². The number of carbonyl (C=O) groups excluding carboxylic acids is 1. The molecule has 0 unspecified atom stereocenters. The topological polar surface area (TPSA) is 91.4 Å². The Labute approximate surface area is 187 Å². The Hall–Kier alpha value is -3.65. The molecule has 1 aliphatic heterocycles. The molecular formula is C24H24N4O3S. The van der Waals surface area contributed by atoms with E-state index in [1.54, 1.807) is 30.5 Å². The van der Waals surface area contributed by atoms with Gasteiger partial charge in [-0.3, -0.25) is 9.52 Å². The molecule has 32 heavy (non-hydrogen) atoms. The molecule has 1 saturated heterocycles. The number of carbonyl (C=O) groups is 1. The second-order valence-electron chi connectivity index (χ2n) is 7.49. The average Bonchev–Trinajstić information content (AvgIpc) is 3.34. The second-order valence-corrected chi connectivity index (χ2v) is 9.06. The lowest BCUT2D eigenvalue weighted by atomic mass is 10.2. The number of nitrogens with one attached hydrogen (secondary N) is 2. The van der Waals surface area contributed by atoms with Gasteiger partial charge >= 0.3 is 0 Å². The maximum Gasteiger partial charge on any atom is 0.255 e. The van der Waals surface area contributed by atoms with Gasteiger partial charge in [-0.05, 0) is 60.9 Å². The maximum absolute atomic E-state index is 12.5. The number of benzene rings is 2. The first kappa shape index (κ1) is 21.6. The fourth-order valence-corrected chi connectivity index (χ4v) is 4.29. The van der Waals surface area contributed by atoms with E-state index in [9.17, 15) is 13.2 Å². The molecule has 0 spiro atoms. The summed E-state index contributed by atoms with van der Waals surface area (Å²) in [6.45, 7) is 2.02. The summed E-state index contributed by atoms with van der Waals surface area (Å²) in [5.41, 5.74) is 2.17. The zero-order chi connectivity index (χ0) is 22.4. The first-order chi connectivity index (χ1) is 15.5. The normalized spacial score (nSPS) is 13.9. The first-order valence-corrected chi connectivity index (χ1v) is 11.9. The van der Waals surface area contributed by atoms with E-state index < -0.39 is 10.0 Å². The van der Waals surface area contributed by atoms with E-state index in [2.05, 4.69) is 19.9 Å². The van der Waals surface area contributed by atoms with Gasteiger partial charge in [0.25, 0.3) is 15.9 Å².